The highest BCUT2D eigenvalue weighted by Gasteiger charge is 2.08. The van der Waals surface area contributed by atoms with Gasteiger partial charge in [-0.25, -0.2) is 8.42 Å². The predicted molar refractivity (Wildman–Crippen MR) is 117 cm³/mol. The second kappa shape index (κ2) is 9.54. The molecule has 30 heavy (non-hydrogen) atoms. The smallest absolute Gasteiger partial charge is 0.224 e. The van der Waals surface area contributed by atoms with Crippen molar-refractivity contribution in [3.05, 3.63) is 72.6 Å². The Morgan fingerprint density at radius 1 is 1.00 bits per heavy atom. The molecule has 0 fully saturated rings. The molecular formula is C23H24N2O4S. The second-order valence-electron chi connectivity index (χ2n) is 7.01. The van der Waals surface area contributed by atoms with E-state index in [9.17, 15) is 13.2 Å². The Kier molecular flexibility index (Phi) is 6.84. The van der Waals surface area contributed by atoms with Crippen LogP contribution in [0.5, 0.6) is 5.75 Å². The predicted octanol–water partition coefficient (Wildman–Crippen LogP) is 4.26. The lowest BCUT2D eigenvalue weighted by Crippen LogP contribution is -2.13. The second-order valence-corrected chi connectivity index (χ2v) is 9.03. The zero-order chi connectivity index (χ0) is 21.6. The van der Waals surface area contributed by atoms with Gasteiger partial charge in [-0.1, -0.05) is 12.1 Å². The number of amides is 1. The van der Waals surface area contributed by atoms with Crippen molar-refractivity contribution in [1.82, 2.24) is 4.98 Å². The summed E-state index contributed by atoms with van der Waals surface area (Å²) in [6.45, 7) is 2.32. The van der Waals surface area contributed by atoms with Crippen LogP contribution in [-0.2, 0) is 14.6 Å². The number of hydrogen-bond donors (Lipinski definition) is 1. The van der Waals surface area contributed by atoms with E-state index < -0.39 is 9.84 Å². The summed E-state index contributed by atoms with van der Waals surface area (Å²) in [5.74, 6) is 0.490. The zero-order valence-corrected chi connectivity index (χ0v) is 17.8. The lowest BCUT2D eigenvalue weighted by molar-refractivity contribution is -0.116. The lowest BCUT2D eigenvalue weighted by Gasteiger charge is -2.11. The van der Waals surface area contributed by atoms with E-state index in [1.165, 1.54) is 12.1 Å². The minimum Gasteiger partial charge on any atom is -0.494 e. The molecule has 0 saturated heterocycles. The number of rotatable bonds is 8. The number of pyridine rings is 1. The number of nitrogens with zero attached hydrogens (tertiary/aromatic N) is 1. The molecular weight excluding hydrogens is 400 g/mol. The molecule has 7 heteroatoms. The third-order valence-corrected chi connectivity index (χ3v) is 5.72. The molecule has 0 aliphatic carbocycles. The summed E-state index contributed by atoms with van der Waals surface area (Å²) in [7, 11) is -3.22. The highest BCUT2D eigenvalue weighted by Crippen LogP contribution is 2.25. The number of benzene rings is 2. The fourth-order valence-electron chi connectivity index (χ4n) is 2.90. The van der Waals surface area contributed by atoms with Crippen LogP contribution in [0.25, 0.3) is 11.1 Å². The third kappa shape index (κ3) is 5.90. The summed E-state index contributed by atoms with van der Waals surface area (Å²) in [5, 5.41) is 2.97. The summed E-state index contributed by atoms with van der Waals surface area (Å²) in [5.41, 5.74) is 3.82. The first kappa shape index (κ1) is 21.5. The van der Waals surface area contributed by atoms with E-state index in [-0.39, 0.29) is 10.8 Å². The molecule has 0 atom stereocenters. The molecule has 0 bridgehead atoms. The van der Waals surface area contributed by atoms with E-state index in [2.05, 4.69) is 10.3 Å². The monoisotopic (exact) mass is 424 g/mol. The molecule has 2 aromatic carbocycles. The number of sulfone groups is 1. The summed E-state index contributed by atoms with van der Waals surface area (Å²) in [4.78, 5) is 16.6. The maximum absolute atomic E-state index is 12.3. The van der Waals surface area contributed by atoms with E-state index in [0.29, 0.717) is 25.2 Å². The number of ether oxygens (including phenoxy) is 1. The Morgan fingerprint density at radius 2 is 1.70 bits per heavy atom. The first-order valence-electron chi connectivity index (χ1n) is 9.57. The highest BCUT2D eigenvalue weighted by atomic mass is 32.2. The van der Waals surface area contributed by atoms with Crippen molar-refractivity contribution in [2.24, 2.45) is 0 Å². The maximum atomic E-state index is 12.3. The van der Waals surface area contributed by atoms with Crippen molar-refractivity contribution in [1.29, 1.82) is 0 Å². The molecule has 0 radical (unpaired) electrons. The van der Waals surface area contributed by atoms with Gasteiger partial charge in [-0.15, -0.1) is 0 Å². The molecule has 0 saturated carbocycles. The van der Waals surface area contributed by atoms with Gasteiger partial charge < -0.3 is 10.1 Å². The van der Waals surface area contributed by atoms with Crippen molar-refractivity contribution in [3.63, 3.8) is 0 Å². The van der Waals surface area contributed by atoms with Crippen LogP contribution in [0.2, 0.25) is 0 Å². The van der Waals surface area contributed by atoms with Crippen LogP contribution in [-0.4, -0.2) is 32.2 Å². The first-order chi connectivity index (χ1) is 14.3. The molecule has 156 valence electrons. The van der Waals surface area contributed by atoms with E-state index in [0.717, 1.165) is 28.6 Å². The van der Waals surface area contributed by atoms with Gasteiger partial charge in [0.1, 0.15) is 5.75 Å². The Bertz CT molecular complexity index is 1110. The lowest BCUT2D eigenvalue weighted by atomic mass is 10.0. The van der Waals surface area contributed by atoms with E-state index in [4.69, 9.17) is 4.74 Å². The van der Waals surface area contributed by atoms with Crippen molar-refractivity contribution in [2.45, 2.75) is 24.7 Å². The minimum absolute atomic E-state index is 0.0824. The van der Waals surface area contributed by atoms with Crippen molar-refractivity contribution in [3.8, 4) is 16.9 Å². The van der Waals surface area contributed by atoms with E-state index in [1.807, 2.05) is 37.3 Å². The zero-order valence-electron chi connectivity index (χ0n) is 17.0. The largest absolute Gasteiger partial charge is 0.494 e. The van der Waals surface area contributed by atoms with Gasteiger partial charge in [0, 0.05) is 30.8 Å². The van der Waals surface area contributed by atoms with E-state index >= 15 is 0 Å². The van der Waals surface area contributed by atoms with E-state index in [1.54, 1.807) is 24.5 Å². The third-order valence-electron chi connectivity index (χ3n) is 4.59. The fraction of sp³-hybridized carbons (Fsp3) is 0.217. The molecule has 6 nitrogen and oxygen atoms in total. The number of aromatic nitrogens is 1. The molecule has 1 N–H and O–H groups in total. The number of nitrogens with one attached hydrogen (secondary N) is 1. The molecule has 0 spiro atoms. The van der Waals surface area contributed by atoms with Crippen LogP contribution in [0.4, 0.5) is 5.69 Å². The number of hydrogen-bond acceptors (Lipinski definition) is 5. The standard InChI is InChI=1S/C23H24N2O4S/c1-17-5-6-19(18-11-13-24-14-12-18)16-22(17)25-23(26)4-3-15-29-20-7-9-21(10-8-20)30(2,27)28/h5-14,16H,3-4,15H2,1-2H3,(H,25,26). The number of carbonyl (C=O) groups excluding carboxylic acids is 1. The topological polar surface area (TPSA) is 85.4 Å². The van der Waals surface area contributed by atoms with Crippen LogP contribution in [0, 0.1) is 6.92 Å². The van der Waals surface area contributed by atoms with Gasteiger partial charge in [-0.05, 0) is 72.5 Å². The quantitative estimate of drug-likeness (QED) is 0.546. The van der Waals surface area contributed by atoms with Gasteiger partial charge in [0.2, 0.25) is 5.91 Å². The van der Waals surface area contributed by atoms with Crippen LogP contribution >= 0.6 is 0 Å². The summed E-state index contributed by atoms with van der Waals surface area (Å²) < 4.78 is 28.5. The van der Waals surface area contributed by atoms with Crippen molar-refractivity contribution >= 4 is 21.4 Å². The number of aryl methyl sites for hydroxylation is 1. The number of carbonyl (C=O) groups is 1. The fourth-order valence-corrected chi connectivity index (χ4v) is 3.53. The first-order valence-corrected chi connectivity index (χ1v) is 11.5. The normalized spacial score (nSPS) is 11.1. The average Bonchev–Trinajstić information content (AvgIpc) is 2.73. The molecule has 3 aromatic rings. The highest BCUT2D eigenvalue weighted by molar-refractivity contribution is 7.90. The Balaban J connectivity index is 1.50. The van der Waals surface area contributed by atoms with Gasteiger partial charge in [0.05, 0.1) is 11.5 Å². The van der Waals surface area contributed by atoms with Crippen LogP contribution < -0.4 is 10.1 Å². The molecule has 0 aliphatic rings. The minimum atomic E-state index is -3.22. The molecule has 1 heterocycles. The van der Waals surface area contributed by atoms with Gasteiger partial charge in [-0.2, -0.15) is 0 Å². The summed E-state index contributed by atoms with van der Waals surface area (Å²) in [6, 6.07) is 16.1. The van der Waals surface area contributed by atoms with Gasteiger partial charge in [0.15, 0.2) is 9.84 Å². The van der Waals surface area contributed by atoms with Gasteiger partial charge >= 0.3 is 0 Å². The van der Waals surface area contributed by atoms with Gasteiger partial charge in [-0.3, -0.25) is 9.78 Å². The van der Waals surface area contributed by atoms with Crippen molar-refractivity contribution < 1.29 is 17.9 Å². The average molecular weight is 425 g/mol. The van der Waals surface area contributed by atoms with Crippen LogP contribution in [0.15, 0.2) is 71.9 Å². The van der Waals surface area contributed by atoms with Crippen LogP contribution in [0.1, 0.15) is 18.4 Å². The summed E-state index contributed by atoms with van der Waals surface area (Å²) in [6.07, 6.45) is 5.50. The van der Waals surface area contributed by atoms with Gasteiger partial charge in [0.25, 0.3) is 0 Å². The SMILES string of the molecule is Cc1ccc(-c2ccncc2)cc1NC(=O)CCCOc1ccc(S(C)(=O)=O)cc1. The molecule has 0 aliphatic heterocycles. The number of anilines is 1. The molecule has 1 amide bonds. The van der Waals surface area contributed by atoms with Crippen LogP contribution in [0.3, 0.4) is 0 Å². The van der Waals surface area contributed by atoms with Crippen molar-refractivity contribution in [2.75, 3.05) is 18.2 Å². The molecule has 0 unspecified atom stereocenters. The Hall–Kier alpha value is -3.19. The molecule has 3 rings (SSSR count). The Labute approximate surface area is 176 Å². The maximum Gasteiger partial charge on any atom is 0.224 e. The summed E-state index contributed by atoms with van der Waals surface area (Å²) >= 11 is 0. The molecule has 1 aromatic heterocycles. The Morgan fingerprint density at radius 3 is 2.37 bits per heavy atom.